The Bertz CT molecular complexity index is 511. The van der Waals surface area contributed by atoms with Gasteiger partial charge in [-0.1, -0.05) is 30.7 Å². The van der Waals surface area contributed by atoms with Gasteiger partial charge in [0.1, 0.15) is 0 Å². The van der Waals surface area contributed by atoms with Gasteiger partial charge < -0.3 is 10.6 Å². The van der Waals surface area contributed by atoms with Crippen LogP contribution < -0.4 is 10.6 Å². The largest absolute Gasteiger partial charge is 0.356 e. The van der Waals surface area contributed by atoms with E-state index in [-0.39, 0.29) is 29.4 Å². The molecule has 2 saturated carbocycles. The number of hydrogen-bond donors (Lipinski definition) is 2. The monoisotopic (exact) mass is 419 g/mol. The lowest BCUT2D eigenvalue weighted by molar-refractivity contribution is 0.642. The second-order valence-electron chi connectivity index (χ2n) is 6.18. The molecule has 5 heteroatoms. The van der Waals surface area contributed by atoms with E-state index in [2.05, 4.69) is 34.7 Å². The summed E-state index contributed by atoms with van der Waals surface area (Å²) < 4.78 is 0. The van der Waals surface area contributed by atoms with Crippen LogP contribution in [-0.4, -0.2) is 25.6 Å². The minimum absolute atomic E-state index is 0. The van der Waals surface area contributed by atoms with Crippen LogP contribution in [-0.2, 0) is 5.41 Å². The van der Waals surface area contributed by atoms with Crippen molar-refractivity contribution in [3.63, 3.8) is 0 Å². The van der Waals surface area contributed by atoms with E-state index in [1.165, 1.54) is 24.8 Å². The molecular weight excluding hydrogens is 397 g/mol. The number of halogens is 2. The van der Waals surface area contributed by atoms with E-state index in [1.54, 1.807) is 0 Å². The normalized spacial score (nSPS) is 25.8. The summed E-state index contributed by atoms with van der Waals surface area (Å²) in [5.41, 5.74) is 1.65. The molecule has 21 heavy (non-hydrogen) atoms. The summed E-state index contributed by atoms with van der Waals surface area (Å²) in [7, 11) is 1.84. The highest BCUT2D eigenvalue weighted by Gasteiger charge is 2.44. The number of benzene rings is 1. The number of nitrogens with zero attached hydrogens (tertiary/aromatic N) is 1. The number of aliphatic imine (C=N–C) groups is 1. The Morgan fingerprint density at radius 2 is 1.95 bits per heavy atom. The Labute approximate surface area is 149 Å². The Morgan fingerprint density at radius 1 is 1.33 bits per heavy atom. The Morgan fingerprint density at radius 3 is 2.43 bits per heavy atom. The molecule has 1 aromatic carbocycles. The van der Waals surface area contributed by atoms with Gasteiger partial charge in [-0.25, -0.2) is 0 Å². The van der Waals surface area contributed by atoms with E-state index in [0.29, 0.717) is 6.04 Å². The maximum atomic E-state index is 5.97. The van der Waals surface area contributed by atoms with Crippen LogP contribution in [0.5, 0.6) is 0 Å². The zero-order chi connectivity index (χ0) is 14.2. The zero-order valence-corrected chi connectivity index (χ0v) is 15.6. The van der Waals surface area contributed by atoms with Gasteiger partial charge in [0.15, 0.2) is 5.96 Å². The van der Waals surface area contributed by atoms with Crippen LogP contribution in [0.2, 0.25) is 5.02 Å². The van der Waals surface area contributed by atoms with Crippen LogP contribution in [0.1, 0.15) is 31.7 Å². The molecule has 3 nitrogen and oxygen atoms in total. The predicted octanol–water partition coefficient (Wildman–Crippen LogP) is 3.56. The third kappa shape index (κ3) is 4.03. The van der Waals surface area contributed by atoms with Crippen molar-refractivity contribution in [2.24, 2.45) is 10.9 Å². The molecule has 2 aliphatic carbocycles. The standard InChI is InChI=1S/C16H22ClN3.HI/c1-11-9-14(11)20-15(18-2)19-10-16(7-8-16)12-3-5-13(17)6-4-12;/h3-6,11,14H,7-10H2,1-2H3,(H2,18,19,20);1H. The Hall–Kier alpha value is -0.490. The van der Waals surface area contributed by atoms with E-state index < -0.39 is 0 Å². The van der Waals surface area contributed by atoms with Crippen LogP contribution in [0.3, 0.4) is 0 Å². The van der Waals surface area contributed by atoms with E-state index >= 15 is 0 Å². The first-order valence-corrected chi connectivity index (χ1v) is 7.74. The number of rotatable bonds is 4. The summed E-state index contributed by atoms with van der Waals surface area (Å²) in [6.07, 6.45) is 3.72. The third-order valence-electron chi connectivity index (χ3n) is 4.56. The molecule has 3 rings (SSSR count). The van der Waals surface area contributed by atoms with Crippen LogP contribution in [0, 0.1) is 5.92 Å². The second-order valence-corrected chi connectivity index (χ2v) is 6.61. The van der Waals surface area contributed by atoms with Crippen molar-refractivity contribution < 1.29 is 0 Å². The average Bonchev–Trinajstić information content (AvgIpc) is 3.35. The van der Waals surface area contributed by atoms with Crippen molar-refractivity contribution in [2.45, 2.75) is 37.6 Å². The van der Waals surface area contributed by atoms with E-state index in [9.17, 15) is 0 Å². The lowest BCUT2D eigenvalue weighted by atomic mass is 9.96. The minimum Gasteiger partial charge on any atom is -0.356 e. The van der Waals surface area contributed by atoms with E-state index in [0.717, 1.165) is 23.4 Å². The maximum absolute atomic E-state index is 5.97. The molecule has 2 unspecified atom stereocenters. The lowest BCUT2D eigenvalue weighted by Crippen LogP contribution is -2.42. The van der Waals surface area contributed by atoms with Gasteiger partial charge in [-0.2, -0.15) is 0 Å². The molecule has 0 aromatic heterocycles. The summed E-state index contributed by atoms with van der Waals surface area (Å²) in [4.78, 5) is 4.31. The first kappa shape index (κ1) is 16.9. The predicted molar refractivity (Wildman–Crippen MR) is 99.8 cm³/mol. The summed E-state index contributed by atoms with van der Waals surface area (Å²) >= 11 is 5.97. The highest BCUT2D eigenvalue weighted by molar-refractivity contribution is 14.0. The lowest BCUT2D eigenvalue weighted by Gasteiger charge is -2.19. The number of guanidine groups is 1. The zero-order valence-electron chi connectivity index (χ0n) is 12.5. The fourth-order valence-electron chi connectivity index (χ4n) is 2.67. The Balaban J connectivity index is 0.00000161. The molecule has 2 atom stereocenters. The van der Waals surface area contributed by atoms with Crippen molar-refractivity contribution >= 4 is 41.5 Å². The molecular formula is C16H23ClIN3. The van der Waals surface area contributed by atoms with Gasteiger partial charge in [-0.05, 0) is 42.9 Å². The average molecular weight is 420 g/mol. The molecule has 1 aromatic rings. The van der Waals surface area contributed by atoms with E-state index in [4.69, 9.17) is 11.6 Å². The summed E-state index contributed by atoms with van der Waals surface area (Å²) in [5.74, 6) is 1.71. The molecule has 0 radical (unpaired) electrons. The number of nitrogens with one attached hydrogen (secondary N) is 2. The van der Waals surface area contributed by atoms with Crippen LogP contribution in [0.25, 0.3) is 0 Å². The van der Waals surface area contributed by atoms with Gasteiger partial charge in [0.25, 0.3) is 0 Å². The molecule has 0 amide bonds. The molecule has 0 spiro atoms. The van der Waals surface area contributed by atoms with E-state index in [1.807, 2.05) is 19.2 Å². The van der Waals surface area contributed by atoms with Crippen molar-refractivity contribution in [1.29, 1.82) is 0 Å². The van der Waals surface area contributed by atoms with Gasteiger partial charge in [0.2, 0.25) is 0 Å². The fourth-order valence-corrected chi connectivity index (χ4v) is 2.79. The third-order valence-corrected chi connectivity index (χ3v) is 4.81. The number of hydrogen-bond acceptors (Lipinski definition) is 1. The topological polar surface area (TPSA) is 36.4 Å². The van der Waals surface area contributed by atoms with Gasteiger partial charge in [-0.3, -0.25) is 4.99 Å². The van der Waals surface area contributed by atoms with Crippen LogP contribution >= 0.6 is 35.6 Å². The summed E-state index contributed by atoms with van der Waals surface area (Å²) in [6.45, 7) is 3.20. The SMILES string of the molecule is CN=C(NCC1(c2ccc(Cl)cc2)CC1)NC1CC1C.I. The maximum Gasteiger partial charge on any atom is 0.191 e. The van der Waals surface area contributed by atoms with Crippen molar-refractivity contribution in [1.82, 2.24) is 10.6 Å². The van der Waals surface area contributed by atoms with Crippen LogP contribution in [0.15, 0.2) is 29.3 Å². The summed E-state index contributed by atoms with van der Waals surface area (Å²) in [5, 5.41) is 7.76. The first-order chi connectivity index (χ1) is 9.63. The highest BCUT2D eigenvalue weighted by Crippen LogP contribution is 2.47. The smallest absolute Gasteiger partial charge is 0.191 e. The van der Waals surface area contributed by atoms with Crippen LogP contribution in [0.4, 0.5) is 0 Å². The molecule has 0 aliphatic heterocycles. The molecule has 0 bridgehead atoms. The minimum atomic E-state index is 0. The highest BCUT2D eigenvalue weighted by atomic mass is 127. The van der Waals surface area contributed by atoms with Gasteiger partial charge >= 0.3 is 0 Å². The molecule has 2 N–H and O–H groups in total. The molecule has 2 fully saturated rings. The van der Waals surface area contributed by atoms with Gasteiger partial charge in [-0.15, -0.1) is 24.0 Å². The second kappa shape index (κ2) is 6.73. The quantitative estimate of drug-likeness (QED) is 0.445. The van der Waals surface area contributed by atoms with Gasteiger partial charge in [0, 0.05) is 30.1 Å². The van der Waals surface area contributed by atoms with Crippen molar-refractivity contribution in [2.75, 3.05) is 13.6 Å². The van der Waals surface area contributed by atoms with Crippen molar-refractivity contribution in [3.8, 4) is 0 Å². The van der Waals surface area contributed by atoms with Gasteiger partial charge in [0.05, 0.1) is 0 Å². The van der Waals surface area contributed by atoms with Crippen molar-refractivity contribution in [3.05, 3.63) is 34.9 Å². The summed E-state index contributed by atoms with van der Waals surface area (Å²) in [6, 6.07) is 8.87. The molecule has 0 saturated heterocycles. The fraction of sp³-hybridized carbons (Fsp3) is 0.562. The Kier molecular flexibility index (Phi) is 5.41. The molecule has 0 heterocycles. The first-order valence-electron chi connectivity index (χ1n) is 7.36. The molecule has 2 aliphatic rings. The molecule has 116 valence electrons.